The molecule has 5 nitrogen and oxygen atoms in total. The van der Waals surface area contributed by atoms with Crippen molar-refractivity contribution >= 4 is 17.5 Å². The van der Waals surface area contributed by atoms with Crippen LogP contribution in [-0.2, 0) is 19.1 Å². The van der Waals surface area contributed by atoms with Gasteiger partial charge < -0.3 is 9.64 Å². The molecular formula is C14H15NO4. The zero-order valence-corrected chi connectivity index (χ0v) is 11.0. The summed E-state index contributed by atoms with van der Waals surface area (Å²) in [6.07, 6.45) is 1.79. The standard InChI is InChI=1S/C14H15NO4/c1-7-12(17)9-5-8-3-4-11(16)15(8)6-10(9)13(18)14(7)19-2/h8H,3-6H2,1-2H3. The third kappa shape index (κ3) is 1.57. The van der Waals surface area contributed by atoms with E-state index in [2.05, 4.69) is 0 Å². The Hall–Kier alpha value is -1.91. The fourth-order valence-electron chi connectivity index (χ4n) is 3.17. The minimum absolute atomic E-state index is 0.0713. The number of hydrogen-bond acceptors (Lipinski definition) is 4. The van der Waals surface area contributed by atoms with Gasteiger partial charge in [0.1, 0.15) is 0 Å². The predicted octanol–water partition coefficient (Wildman–Crippen LogP) is 0.750. The van der Waals surface area contributed by atoms with Crippen molar-refractivity contribution in [2.24, 2.45) is 0 Å². The summed E-state index contributed by atoms with van der Waals surface area (Å²) in [6, 6.07) is 0.0832. The van der Waals surface area contributed by atoms with Gasteiger partial charge in [0.2, 0.25) is 11.7 Å². The maximum absolute atomic E-state index is 12.3. The summed E-state index contributed by atoms with van der Waals surface area (Å²) in [5.74, 6) is -0.158. The number of allylic oxidation sites excluding steroid dienone is 2. The topological polar surface area (TPSA) is 63.7 Å². The van der Waals surface area contributed by atoms with Crippen molar-refractivity contribution in [3.8, 4) is 0 Å². The van der Waals surface area contributed by atoms with Crippen LogP contribution < -0.4 is 0 Å². The molecule has 0 spiro atoms. The van der Waals surface area contributed by atoms with E-state index in [4.69, 9.17) is 4.74 Å². The lowest BCUT2D eigenvalue weighted by Gasteiger charge is -2.34. The van der Waals surface area contributed by atoms with Gasteiger partial charge in [0.25, 0.3) is 0 Å². The SMILES string of the molecule is COC1=C(C)C(=O)C2=C(CN3C(=O)CCC3C2)C1=O. The summed E-state index contributed by atoms with van der Waals surface area (Å²) in [5.41, 5.74) is 1.40. The molecule has 2 aliphatic heterocycles. The fraction of sp³-hybridized carbons (Fsp3) is 0.500. The van der Waals surface area contributed by atoms with Crippen molar-refractivity contribution in [2.45, 2.75) is 32.2 Å². The van der Waals surface area contributed by atoms with Crippen LogP contribution in [0.5, 0.6) is 0 Å². The van der Waals surface area contributed by atoms with Gasteiger partial charge in [-0.3, -0.25) is 14.4 Å². The number of fused-ring (bicyclic) bond motifs is 1. The van der Waals surface area contributed by atoms with Crippen molar-refractivity contribution in [1.29, 1.82) is 0 Å². The van der Waals surface area contributed by atoms with Gasteiger partial charge in [-0.1, -0.05) is 0 Å². The summed E-state index contributed by atoms with van der Waals surface area (Å²) < 4.78 is 5.04. The van der Waals surface area contributed by atoms with Gasteiger partial charge in [0, 0.05) is 29.2 Å². The quantitative estimate of drug-likeness (QED) is 0.653. The predicted molar refractivity (Wildman–Crippen MR) is 66.1 cm³/mol. The molecule has 0 N–H and O–H groups in total. The maximum Gasteiger partial charge on any atom is 0.226 e. The number of amides is 1. The highest BCUT2D eigenvalue weighted by molar-refractivity contribution is 6.24. The molecule has 1 fully saturated rings. The molecule has 1 saturated heterocycles. The average molecular weight is 261 g/mol. The molecule has 19 heavy (non-hydrogen) atoms. The average Bonchev–Trinajstić information content (AvgIpc) is 2.77. The lowest BCUT2D eigenvalue weighted by Crippen LogP contribution is -2.43. The minimum Gasteiger partial charge on any atom is -0.492 e. The van der Waals surface area contributed by atoms with E-state index in [9.17, 15) is 14.4 Å². The molecule has 100 valence electrons. The van der Waals surface area contributed by atoms with Gasteiger partial charge in [-0.25, -0.2) is 0 Å². The molecule has 0 aromatic heterocycles. The van der Waals surface area contributed by atoms with Crippen LogP contribution in [0.2, 0.25) is 0 Å². The highest BCUT2D eigenvalue weighted by atomic mass is 16.5. The molecule has 1 unspecified atom stereocenters. The smallest absolute Gasteiger partial charge is 0.226 e. The van der Waals surface area contributed by atoms with Gasteiger partial charge in [-0.05, 0) is 19.8 Å². The number of hydrogen-bond donors (Lipinski definition) is 0. The number of carbonyl (C=O) groups excluding carboxylic acids is 3. The molecule has 0 aromatic rings. The zero-order chi connectivity index (χ0) is 13.7. The first-order chi connectivity index (χ1) is 9.04. The van der Waals surface area contributed by atoms with Crippen molar-refractivity contribution in [3.63, 3.8) is 0 Å². The van der Waals surface area contributed by atoms with E-state index >= 15 is 0 Å². The molecule has 1 aliphatic carbocycles. The molecule has 5 heteroatoms. The first-order valence-electron chi connectivity index (χ1n) is 6.40. The van der Waals surface area contributed by atoms with Crippen LogP contribution in [0.25, 0.3) is 0 Å². The molecule has 1 atom stereocenters. The maximum atomic E-state index is 12.3. The number of rotatable bonds is 1. The fourth-order valence-corrected chi connectivity index (χ4v) is 3.17. The van der Waals surface area contributed by atoms with Crippen LogP contribution in [-0.4, -0.2) is 42.1 Å². The van der Waals surface area contributed by atoms with Gasteiger partial charge >= 0.3 is 0 Å². The normalized spacial score (nSPS) is 26.9. The van der Waals surface area contributed by atoms with Crippen molar-refractivity contribution < 1.29 is 19.1 Å². The molecule has 0 saturated carbocycles. The van der Waals surface area contributed by atoms with E-state index in [1.807, 2.05) is 0 Å². The summed E-state index contributed by atoms with van der Waals surface area (Å²) >= 11 is 0. The van der Waals surface area contributed by atoms with Gasteiger partial charge in [-0.2, -0.15) is 0 Å². The Bertz CT molecular complexity index is 570. The number of ketones is 2. The highest BCUT2D eigenvalue weighted by Crippen LogP contribution is 2.36. The van der Waals surface area contributed by atoms with Crippen LogP contribution >= 0.6 is 0 Å². The van der Waals surface area contributed by atoms with Gasteiger partial charge in [-0.15, -0.1) is 0 Å². The lowest BCUT2D eigenvalue weighted by atomic mass is 9.82. The first kappa shape index (κ1) is 12.1. The van der Waals surface area contributed by atoms with Crippen LogP contribution in [0.3, 0.4) is 0 Å². The summed E-state index contributed by atoms with van der Waals surface area (Å²) in [6.45, 7) is 1.87. The second kappa shape index (κ2) is 4.05. The first-order valence-corrected chi connectivity index (χ1v) is 6.40. The Morgan fingerprint density at radius 1 is 1.16 bits per heavy atom. The number of nitrogens with zero attached hydrogens (tertiary/aromatic N) is 1. The number of Topliss-reactive ketones (excluding diaryl/α,β-unsaturated/α-hetero) is 2. The molecule has 0 bridgehead atoms. The van der Waals surface area contributed by atoms with Gasteiger partial charge in [0.05, 0.1) is 13.7 Å². The third-order valence-corrected chi connectivity index (χ3v) is 4.22. The number of ether oxygens (including phenoxy) is 1. The zero-order valence-electron chi connectivity index (χ0n) is 11.0. The Balaban J connectivity index is 2.03. The molecule has 1 amide bonds. The lowest BCUT2D eigenvalue weighted by molar-refractivity contribution is -0.129. The number of methoxy groups -OCH3 is 1. The van der Waals surface area contributed by atoms with Crippen LogP contribution in [0.15, 0.2) is 22.5 Å². The van der Waals surface area contributed by atoms with Crippen molar-refractivity contribution in [2.75, 3.05) is 13.7 Å². The highest BCUT2D eigenvalue weighted by Gasteiger charge is 2.43. The summed E-state index contributed by atoms with van der Waals surface area (Å²) in [7, 11) is 1.39. The molecule has 0 aromatic carbocycles. The Morgan fingerprint density at radius 2 is 1.89 bits per heavy atom. The largest absolute Gasteiger partial charge is 0.492 e. The van der Waals surface area contributed by atoms with Crippen LogP contribution in [0.1, 0.15) is 26.2 Å². The molecule has 3 aliphatic rings. The van der Waals surface area contributed by atoms with E-state index in [1.165, 1.54) is 7.11 Å². The summed E-state index contributed by atoms with van der Waals surface area (Å²) in [5, 5.41) is 0. The van der Waals surface area contributed by atoms with Crippen molar-refractivity contribution in [1.82, 2.24) is 4.90 Å². The van der Waals surface area contributed by atoms with E-state index in [1.54, 1.807) is 11.8 Å². The van der Waals surface area contributed by atoms with E-state index in [0.717, 1.165) is 6.42 Å². The summed E-state index contributed by atoms with van der Waals surface area (Å²) in [4.78, 5) is 38.1. The third-order valence-electron chi connectivity index (χ3n) is 4.22. The van der Waals surface area contributed by atoms with E-state index < -0.39 is 0 Å². The Labute approximate surface area is 110 Å². The molecule has 2 heterocycles. The van der Waals surface area contributed by atoms with Crippen molar-refractivity contribution in [3.05, 3.63) is 22.5 Å². The van der Waals surface area contributed by atoms with E-state index in [-0.39, 0.29) is 35.8 Å². The molecule has 0 radical (unpaired) electrons. The monoisotopic (exact) mass is 261 g/mol. The number of carbonyl (C=O) groups is 3. The second-order valence-corrected chi connectivity index (χ2v) is 5.19. The molecule has 3 rings (SSSR count). The van der Waals surface area contributed by atoms with Crippen LogP contribution in [0, 0.1) is 0 Å². The van der Waals surface area contributed by atoms with E-state index in [0.29, 0.717) is 29.6 Å². The minimum atomic E-state index is -0.243. The second-order valence-electron chi connectivity index (χ2n) is 5.19. The Morgan fingerprint density at radius 3 is 2.58 bits per heavy atom. The molecular weight excluding hydrogens is 246 g/mol. The van der Waals surface area contributed by atoms with Gasteiger partial charge in [0.15, 0.2) is 11.5 Å². The Kier molecular flexibility index (Phi) is 2.59. The van der Waals surface area contributed by atoms with Crippen LogP contribution in [0.4, 0.5) is 0 Å².